The Hall–Kier alpha value is -1.65. The summed E-state index contributed by atoms with van der Waals surface area (Å²) in [5.74, 6) is 1.52. The lowest BCUT2D eigenvalue weighted by Crippen LogP contribution is -2.34. The van der Waals surface area contributed by atoms with Crippen molar-refractivity contribution in [1.29, 1.82) is 0 Å². The van der Waals surface area contributed by atoms with Crippen LogP contribution in [0.25, 0.3) is 21.3 Å². The van der Waals surface area contributed by atoms with Gasteiger partial charge in [0.25, 0.3) is 0 Å². The number of halogens is 1. The van der Waals surface area contributed by atoms with Crippen molar-refractivity contribution in [2.45, 2.75) is 71.3 Å². The summed E-state index contributed by atoms with van der Waals surface area (Å²) in [7, 11) is 2.18. The Kier molecular flexibility index (Phi) is 6.12. The summed E-state index contributed by atoms with van der Waals surface area (Å²) >= 11 is 8.13. The van der Waals surface area contributed by atoms with E-state index in [2.05, 4.69) is 62.0 Å². The van der Waals surface area contributed by atoms with E-state index in [1.807, 2.05) is 0 Å². The van der Waals surface area contributed by atoms with Gasteiger partial charge in [0.15, 0.2) is 0 Å². The average molecular weight is 428 g/mol. The van der Waals surface area contributed by atoms with Crippen LogP contribution < -0.4 is 4.90 Å². The summed E-state index contributed by atoms with van der Waals surface area (Å²) in [5, 5.41) is 1.52. The van der Waals surface area contributed by atoms with E-state index >= 15 is 0 Å². The Bertz CT molecular complexity index is 988. The summed E-state index contributed by atoms with van der Waals surface area (Å²) in [6.07, 6.45) is 7.36. The van der Waals surface area contributed by atoms with E-state index in [0.29, 0.717) is 17.2 Å². The first-order valence-electron chi connectivity index (χ1n) is 10.8. The van der Waals surface area contributed by atoms with Crippen LogP contribution in [0.5, 0.6) is 0 Å². The van der Waals surface area contributed by atoms with E-state index in [-0.39, 0.29) is 0 Å². The van der Waals surface area contributed by atoms with Gasteiger partial charge in [0.1, 0.15) is 10.6 Å². The SMILES string of the molecule is CCc1sc2nc(Cl)nc(N(C)C3CCCCC3)c2c1-c1ccc(C(C)C)cc1. The molecule has 1 aliphatic carbocycles. The average Bonchev–Trinajstić information content (AvgIpc) is 3.11. The summed E-state index contributed by atoms with van der Waals surface area (Å²) in [6, 6.07) is 9.55. The maximum atomic E-state index is 6.37. The second-order valence-electron chi connectivity index (χ2n) is 8.43. The molecule has 2 aromatic heterocycles. The quantitative estimate of drug-likeness (QED) is 0.395. The first kappa shape index (κ1) is 20.6. The lowest BCUT2D eigenvalue weighted by Gasteiger charge is -2.32. The van der Waals surface area contributed by atoms with Gasteiger partial charge in [-0.15, -0.1) is 11.3 Å². The van der Waals surface area contributed by atoms with Crippen molar-refractivity contribution in [3.05, 3.63) is 40.0 Å². The van der Waals surface area contributed by atoms with Crippen molar-refractivity contribution >= 4 is 39.0 Å². The standard InChI is InChI=1S/C24H30ClN3S/c1-5-19-20(17-13-11-16(12-14-17)15(2)3)21-22(26-24(25)27-23(21)29-19)28(4)18-9-7-6-8-10-18/h11-15,18H,5-10H2,1-4H3. The summed E-state index contributed by atoms with van der Waals surface area (Å²) in [5.41, 5.74) is 3.91. The minimum absolute atomic E-state index is 0.348. The number of hydrogen-bond donors (Lipinski definition) is 0. The molecule has 0 atom stereocenters. The molecule has 0 aliphatic heterocycles. The number of nitrogens with zero attached hydrogens (tertiary/aromatic N) is 3. The molecule has 3 aromatic rings. The zero-order chi connectivity index (χ0) is 20.5. The van der Waals surface area contributed by atoms with E-state index in [1.54, 1.807) is 11.3 Å². The molecule has 1 aliphatic rings. The van der Waals surface area contributed by atoms with Gasteiger partial charge in [-0.25, -0.2) is 4.98 Å². The fourth-order valence-corrected chi connectivity index (χ4v) is 5.83. The molecule has 0 radical (unpaired) electrons. The molecule has 0 amide bonds. The van der Waals surface area contributed by atoms with E-state index in [1.165, 1.54) is 59.1 Å². The van der Waals surface area contributed by atoms with Crippen molar-refractivity contribution in [3.63, 3.8) is 0 Å². The van der Waals surface area contributed by atoms with Crippen LogP contribution in [-0.2, 0) is 6.42 Å². The van der Waals surface area contributed by atoms with Gasteiger partial charge in [0.05, 0.1) is 5.39 Å². The van der Waals surface area contributed by atoms with Crippen LogP contribution in [0.3, 0.4) is 0 Å². The van der Waals surface area contributed by atoms with E-state index in [4.69, 9.17) is 16.6 Å². The molecule has 3 nitrogen and oxygen atoms in total. The van der Waals surface area contributed by atoms with Gasteiger partial charge in [-0.2, -0.15) is 4.98 Å². The highest BCUT2D eigenvalue weighted by Gasteiger charge is 2.25. The predicted molar refractivity (Wildman–Crippen MR) is 127 cm³/mol. The zero-order valence-electron chi connectivity index (χ0n) is 17.8. The number of anilines is 1. The van der Waals surface area contributed by atoms with Crippen LogP contribution in [0.4, 0.5) is 5.82 Å². The molecule has 0 bridgehead atoms. The van der Waals surface area contributed by atoms with E-state index in [0.717, 1.165) is 17.1 Å². The molecule has 29 heavy (non-hydrogen) atoms. The largest absolute Gasteiger partial charge is 0.356 e. The third-order valence-electron chi connectivity index (χ3n) is 6.22. The van der Waals surface area contributed by atoms with Crippen molar-refractivity contribution < 1.29 is 0 Å². The minimum Gasteiger partial charge on any atom is -0.356 e. The van der Waals surface area contributed by atoms with Crippen LogP contribution in [0, 0.1) is 0 Å². The zero-order valence-corrected chi connectivity index (χ0v) is 19.4. The normalized spacial score (nSPS) is 15.4. The molecule has 0 spiro atoms. The highest BCUT2D eigenvalue weighted by atomic mass is 35.5. The third-order valence-corrected chi connectivity index (χ3v) is 7.62. The highest BCUT2D eigenvalue weighted by Crippen LogP contribution is 2.44. The Morgan fingerprint density at radius 1 is 1.10 bits per heavy atom. The maximum Gasteiger partial charge on any atom is 0.225 e. The first-order valence-corrected chi connectivity index (χ1v) is 12.0. The first-order chi connectivity index (χ1) is 14.0. The molecule has 4 rings (SSSR count). The van der Waals surface area contributed by atoms with Gasteiger partial charge in [-0.3, -0.25) is 0 Å². The molecule has 154 valence electrons. The molecule has 0 unspecified atom stereocenters. The number of rotatable bonds is 5. The molecule has 5 heteroatoms. The third kappa shape index (κ3) is 4.02. The lowest BCUT2D eigenvalue weighted by molar-refractivity contribution is 0.426. The second kappa shape index (κ2) is 8.61. The van der Waals surface area contributed by atoms with Crippen molar-refractivity contribution in [1.82, 2.24) is 9.97 Å². The van der Waals surface area contributed by atoms with Gasteiger partial charge in [-0.1, -0.05) is 64.3 Å². The molecule has 1 aromatic carbocycles. The van der Waals surface area contributed by atoms with Gasteiger partial charge < -0.3 is 4.90 Å². The fraction of sp³-hybridized carbons (Fsp3) is 0.500. The van der Waals surface area contributed by atoms with Gasteiger partial charge in [0, 0.05) is 23.5 Å². The highest BCUT2D eigenvalue weighted by molar-refractivity contribution is 7.19. The van der Waals surface area contributed by atoms with Gasteiger partial charge >= 0.3 is 0 Å². The number of thiophene rings is 1. The number of hydrogen-bond acceptors (Lipinski definition) is 4. The molecule has 2 heterocycles. The summed E-state index contributed by atoms with van der Waals surface area (Å²) < 4.78 is 0. The smallest absolute Gasteiger partial charge is 0.225 e. The lowest BCUT2D eigenvalue weighted by atomic mass is 9.94. The van der Waals surface area contributed by atoms with Crippen LogP contribution in [0.15, 0.2) is 24.3 Å². The second-order valence-corrected chi connectivity index (χ2v) is 9.85. The van der Waals surface area contributed by atoms with Gasteiger partial charge in [0.2, 0.25) is 5.28 Å². The van der Waals surface area contributed by atoms with Crippen molar-refractivity contribution in [2.24, 2.45) is 0 Å². The topological polar surface area (TPSA) is 29.0 Å². The number of aryl methyl sites for hydroxylation is 1. The molecule has 0 N–H and O–H groups in total. The fourth-order valence-electron chi connectivity index (χ4n) is 4.49. The monoisotopic (exact) mass is 427 g/mol. The van der Waals surface area contributed by atoms with Crippen LogP contribution in [0.2, 0.25) is 5.28 Å². The Balaban J connectivity index is 1.89. The Morgan fingerprint density at radius 3 is 2.41 bits per heavy atom. The van der Waals surface area contributed by atoms with Crippen LogP contribution in [0.1, 0.15) is 69.2 Å². The molecule has 1 fully saturated rings. The molecular formula is C24H30ClN3S. The number of fused-ring (bicyclic) bond motifs is 1. The minimum atomic E-state index is 0.348. The predicted octanol–water partition coefficient (Wildman–Crippen LogP) is 7.47. The van der Waals surface area contributed by atoms with E-state index in [9.17, 15) is 0 Å². The molecule has 0 saturated heterocycles. The van der Waals surface area contributed by atoms with Crippen molar-refractivity contribution in [3.8, 4) is 11.1 Å². The summed E-state index contributed by atoms with van der Waals surface area (Å²) in [4.78, 5) is 14.1. The molecular weight excluding hydrogens is 398 g/mol. The maximum absolute atomic E-state index is 6.37. The number of benzene rings is 1. The van der Waals surface area contributed by atoms with Gasteiger partial charge in [-0.05, 0) is 47.9 Å². The van der Waals surface area contributed by atoms with Crippen LogP contribution >= 0.6 is 22.9 Å². The van der Waals surface area contributed by atoms with Crippen LogP contribution in [-0.4, -0.2) is 23.1 Å². The number of aromatic nitrogens is 2. The Labute approximate surface area is 183 Å². The Morgan fingerprint density at radius 2 is 1.79 bits per heavy atom. The van der Waals surface area contributed by atoms with Crippen molar-refractivity contribution in [2.75, 3.05) is 11.9 Å². The molecule has 1 saturated carbocycles. The summed E-state index contributed by atoms with van der Waals surface area (Å²) in [6.45, 7) is 6.69. The van der Waals surface area contributed by atoms with E-state index < -0.39 is 0 Å².